The van der Waals surface area contributed by atoms with E-state index in [0.29, 0.717) is 22.8 Å². The second kappa shape index (κ2) is 10.4. The van der Waals surface area contributed by atoms with Crippen LogP contribution in [0.1, 0.15) is 42.2 Å². The zero-order valence-electron chi connectivity index (χ0n) is 17.4. The van der Waals surface area contributed by atoms with Crippen molar-refractivity contribution in [2.24, 2.45) is 0 Å². The van der Waals surface area contributed by atoms with Gasteiger partial charge in [-0.3, -0.25) is 9.59 Å². The molecule has 0 spiro atoms. The van der Waals surface area contributed by atoms with Gasteiger partial charge >= 0.3 is 5.97 Å². The standard InChI is InChI=1S/C22H27NO6/c1-14(2)29-20(24)13-17(15-9-7-6-8-10-15)23-22(25)16-11-18(26-3)21(28-5)19(12-16)27-4/h6-12,14,17H,13H2,1-5H3,(H,23,25). The molecule has 0 heterocycles. The molecule has 0 saturated heterocycles. The van der Waals surface area contributed by atoms with E-state index in [2.05, 4.69) is 5.32 Å². The summed E-state index contributed by atoms with van der Waals surface area (Å²) in [6.45, 7) is 3.56. The van der Waals surface area contributed by atoms with Crippen LogP contribution >= 0.6 is 0 Å². The Hall–Kier alpha value is -3.22. The van der Waals surface area contributed by atoms with Crippen LogP contribution in [0, 0.1) is 0 Å². The van der Waals surface area contributed by atoms with E-state index >= 15 is 0 Å². The monoisotopic (exact) mass is 401 g/mol. The van der Waals surface area contributed by atoms with Gasteiger partial charge < -0.3 is 24.3 Å². The van der Waals surface area contributed by atoms with E-state index in [1.54, 1.807) is 26.0 Å². The molecule has 1 atom stereocenters. The zero-order chi connectivity index (χ0) is 21.4. The summed E-state index contributed by atoms with van der Waals surface area (Å²) in [4.78, 5) is 25.2. The number of hydrogen-bond donors (Lipinski definition) is 1. The molecule has 0 aliphatic heterocycles. The first-order chi connectivity index (χ1) is 13.9. The van der Waals surface area contributed by atoms with Crippen molar-refractivity contribution < 1.29 is 28.5 Å². The van der Waals surface area contributed by atoms with Crippen molar-refractivity contribution in [1.29, 1.82) is 0 Å². The van der Waals surface area contributed by atoms with Crippen molar-refractivity contribution in [3.63, 3.8) is 0 Å². The van der Waals surface area contributed by atoms with Crippen molar-refractivity contribution in [1.82, 2.24) is 5.32 Å². The van der Waals surface area contributed by atoms with Gasteiger partial charge in [-0.2, -0.15) is 0 Å². The maximum atomic E-state index is 13.0. The fourth-order valence-electron chi connectivity index (χ4n) is 2.87. The predicted molar refractivity (Wildman–Crippen MR) is 109 cm³/mol. The lowest BCUT2D eigenvalue weighted by Crippen LogP contribution is -2.31. The predicted octanol–water partition coefficient (Wildman–Crippen LogP) is 3.53. The molecule has 7 heteroatoms. The summed E-state index contributed by atoms with van der Waals surface area (Å²) in [5, 5.41) is 2.90. The van der Waals surface area contributed by atoms with E-state index in [4.69, 9.17) is 18.9 Å². The number of rotatable bonds is 9. The van der Waals surface area contributed by atoms with Crippen molar-refractivity contribution in [3.8, 4) is 17.2 Å². The van der Waals surface area contributed by atoms with E-state index in [1.165, 1.54) is 21.3 Å². The molecule has 0 aliphatic rings. The number of nitrogens with one attached hydrogen (secondary N) is 1. The average Bonchev–Trinajstić information content (AvgIpc) is 2.71. The number of amides is 1. The van der Waals surface area contributed by atoms with E-state index in [1.807, 2.05) is 30.3 Å². The summed E-state index contributed by atoms with van der Waals surface area (Å²) in [5.41, 5.74) is 1.12. The smallest absolute Gasteiger partial charge is 0.308 e. The molecule has 0 aromatic heterocycles. The third-order valence-electron chi connectivity index (χ3n) is 4.17. The Morgan fingerprint density at radius 2 is 1.52 bits per heavy atom. The fraction of sp³-hybridized carbons (Fsp3) is 0.364. The van der Waals surface area contributed by atoms with Crippen LogP contribution in [0.25, 0.3) is 0 Å². The molecule has 1 amide bonds. The molecule has 0 bridgehead atoms. The maximum absolute atomic E-state index is 13.0. The minimum atomic E-state index is -0.547. The number of esters is 1. The first-order valence-electron chi connectivity index (χ1n) is 9.24. The van der Waals surface area contributed by atoms with E-state index < -0.39 is 6.04 Å². The molecule has 29 heavy (non-hydrogen) atoms. The van der Waals surface area contributed by atoms with Gasteiger partial charge in [-0.05, 0) is 31.5 Å². The van der Waals surface area contributed by atoms with Crippen LogP contribution in [-0.2, 0) is 9.53 Å². The lowest BCUT2D eigenvalue weighted by atomic mass is 10.0. The van der Waals surface area contributed by atoms with Crippen LogP contribution in [0.2, 0.25) is 0 Å². The Labute approximate surface area is 170 Å². The van der Waals surface area contributed by atoms with Gasteiger partial charge in [0, 0.05) is 5.56 Å². The van der Waals surface area contributed by atoms with Crippen LogP contribution in [0.5, 0.6) is 17.2 Å². The van der Waals surface area contributed by atoms with E-state index in [-0.39, 0.29) is 24.4 Å². The minimum Gasteiger partial charge on any atom is -0.493 e. The molecule has 1 N–H and O–H groups in total. The average molecular weight is 401 g/mol. The molecule has 2 aromatic carbocycles. The molecule has 2 aromatic rings. The number of benzene rings is 2. The highest BCUT2D eigenvalue weighted by Gasteiger charge is 2.23. The van der Waals surface area contributed by atoms with Crippen molar-refractivity contribution in [2.45, 2.75) is 32.4 Å². The third-order valence-corrected chi connectivity index (χ3v) is 4.17. The molecule has 0 saturated carbocycles. The first kappa shape index (κ1) is 22.1. The quantitative estimate of drug-likeness (QED) is 0.648. The second-order valence-corrected chi connectivity index (χ2v) is 6.59. The molecule has 0 radical (unpaired) electrons. The van der Waals surface area contributed by atoms with Gasteiger partial charge in [0.2, 0.25) is 5.75 Å². The Morgan fingerprint density at radius 1 is 0.931 bits per heavy atom. The van der Waals surface area contributed by atoms with Crippen LogP contribution in [0.3, 0.4) is 0 Å². The summed E-state index contributed by atoms with van der Waals surface area (Å²) < 4.78 is 21.2. The highest BCUT2D eigenvalue weighted by Crippen LogP contribution is 2.38. The van der Waals surface area contributed by atoms with Crippen molar-refractivity contribution in [2.75, 3.05) is 21.3 Å². The second-order valence-electron chi connectivity index (χ2n) is 6.59. The molecule has 156 valence electrons. The lowest BCUT2D eigenvalue weighted by molar-refractivity contribution is -0.147. The van der Waals surface area contributed by atoms with Gasteiger partial charge in [0.25, 0.3) is 5.91 Å². The van der Waals surface area contributed by atoms with Gasteiger partial charge in [0.05, 0.1) is 39.9 Å². The molecule has 7 nitrogen and oxygen atoms in total. The summed E-state index contributed by atoms with van der Waals surface area (Å²) in [7, 11) is 4.45. The number of carbonyl (C=O) groups is 2. The van der Waals surface area contributed by atoms with Gasteiger partial charge in [-0.1, -0.05) is 30.3 Å². The topological polar surface area (TPSA) is 83.1 Å². The Kier molecular flexibility index (Phi) is 7.88. The zero-order valence-corrected chi connectivity index (χ0v) is 17.4. The Bertz CT molecular complexity index is 809. The van der Waals surface area contributed by atoms with Crippen LogP contribution < -0.4 is 19.5 Å². The van der Waals surface area contributed by atoms with Crippen LogP contribution in [0.4, 0.5) is 0 Å². The maximum Gasteiger partial charge on any atom is 0.308 e. The normalized spacial score (nSPS) is 11.5. The number of carbonyl (C=O) groups excluding carboxylic acids is 2. The third kappa shape index (κ3) is 5.88. The molecule has 0 aliphatic carbocycles. The van der Waals surface area contributed by atoms with Gasteiger partial charge in [0.1, 0.15) is 0 Å². The van der Waals surface area contributed by atoms with Gasteiger partial charge in [-0.25, -0.2) is 0 Å². The summed E-state index contributed by atoms with van der Waals surface area (Å²) in [6, 6.07) is 11.8. The van der Waals surface area contributed by atoms with Crippen LogP contribution in [0.15, 0.2) is 42.5 Å². The van der Waals surface area contributed by atoms with E-state index in [0.717, 1.165) is 5.56 Å². The fourth-order valence-corrected chi connectivity index (χ4v) is 2.87. The van der Waals surface area contributed by atoms with Gasteiger partial charge in [0.15, 0.2) is 11.5 Å². The number of methoxy groups -OCH3 is 3. The molecule has 0 fully saturated rings. The molecule has 2 rings (SSSR count). The highest BCUT2D eigenvalue weighted by molar-refractivity contribution is 5.96. The first-order valence-corrected chi connectivity index (χ1v) is 9.24. The largest absolute Gasteiger partial charge is 0.493 e. The SMILES string of the molecule is COc1cc(C(=O)NC(CC(=O)OC(C)C)c2ccccc2)cc(OC)c1OC. The number of hydrogen-bond acceptors (Lipinski definition) is 6. The summed E-state index contributed by atoms with van der Waals surface area (Å²) in [5.74, 6) is 0.362. The molecular weight excluding hydrogens is 374 g/mol. The number of ether oxygens (including phenoxy) is 4. The van der Waals surface area contributed by atoms with Gasteiger partial charge in [-0.15, -0.1) is 0 Å². The minimum absolute atomic E-state index is 0.0123. The summed E-state index contributed by atoms with van der Waals surface area (Å²) in [6.07, 6.45) is -0.219. The van der Waals surface area contributed by atoms with Crippen LogP contribution in [-0.4, -0.2) is 39.3 Å². The molecule has 1 unspecified atom stereocenters. The Morgan fingerprint density at radius 3 is 2.00 bits per heavy atom. The van der Waals surface area contributed by atoms with Crippen molar-refractivity contribution >= 4 is 11.9 Å². The highest BCUT2D eigenvalue weighted by atomic mass is 16.5. The summed E-state index contributed by atoms with van der Waals surface area (Å²) >= 11 is 0. The van der Waals surface area contributed by atoms with E-state index in [9.17, 15) is 9.59 Å². The molecular formula is C22H27NO6. The lowest BCUT2D eigenvalue weighted by Gasteiger charge is -2.20. The Balaban J connectivity index is 2.30. The van der Waals surface area contributed by atoms with Crippen molar-refractivity contribution in [3.05, 3.63) is 53.6 Å².